The molecule has 150 valence electrons. The predicted octanol–water partition coefficient (Wildman–Crippen LogP) is 6.24. The maximum atomic E-state index is 11.7. The van der Waals surface area contributed by atoms with Crippen molar-refractivity contribution in [2.75, 3.05) is 0 Å². The first-order chi connectivity index (χ1) is 11.0. The lowest BCUT2D eigenvalue weighted by Crippen LogP contribution is -2.66. The van der Waals surface area contributed by atoms with Crippen LogP contribution in [0.2, 0.25) is 64.5 Å². The minimum atomic E-state index is -2.11. The SMILES string of the molecule is CCC(C)(O[Si](C)(C)C)[Si](C)(C)O[C@](C)(CC)[Si](C)(C)CC[Si](C)=O. The van der Waals surface area contributed by atoms with E-state index in [4.69, 9.17) is 8.85 Å². The van der Waals surface area contributed by atoms with E-state index in [1.54, 1.807) is 0 Å². The number of hydrogen-bond acceptors (Lipinski definition) is 3. The van der Waals surface area contributed by atoms with Gasteiger partial charge in [0.15, 0.2) is 8.32 Å². The van der Waals surface area contributed by atoms with Crippen LogP contribution in [0.25, 0.3) is 0 Å². The summed E-state index contributed by atoms with van der Waals surface area (Å²) in [4.78, 5) is 0. The Hall–Kier alpha value is 0.588. The summed E-state index contributed by atoms with van der Waals surface area (Å²) in [5, 5.41) is -0.268. The number of hydrogen-bond donors (Lipinski definition) is 0. The van der Waals surface area contributed by atoms with Gasteiger partial charge in [0.25, 0.3) is 8.68 Å². The van der Waals surface area contributed by atoms with E-state index < -0.39 is 33.4 Å². The maximum Gasteiger partial charge on any atom is 0.273 e. The van der Waals surface area contributed by atoms with Gasteiger partial charge in [-0.05, 0) is 72.0 Å². The van der Waals surface area contributed by atoms with Crippen LogP contribution in [-0.4, -0.2) is 43.8 Å². The maximum absolute atomic E-state index is 11.7. The minimum absolute atomic E-state index is 0.0979. The van der Waals surface area contributed by atoms with E-state index in [9.17, 15) is 4.46 Å². The molecule has 0 fully saturated rings. The monoisotopic (exact) mass is 420 g/mol. The second-order valence-electron chi connectivity index (χ2n) is 10.1. The smallest absolute Gasteiger partial charge is 0.273 e. The molecule has 0 aliphatic heterocycles. The molecule has 0 saturated carbocycles. The molecule has 0 spiro atoms. The van der Waals surface area contributed by atoms with E-state index in [0.717, 1.165) is 24.9 Å². The second-order valence-corrected chi connectivity index (χ2v) is 26.0. The third-order valence-electron chi connectivity index (χ3n) is 6.17. The molecule has 0 aromatic carbocycles. The highest BCUT2D eigenvalue weighted by molar-refractivity contribution is 6.83. The Kier molecular flexibility index (Phi) is 8.93. The first-order valence-corrected chi connectivity index (χ1v) is 21.5. The van der Waals surface area contributed by atoms with Gasteiger partial charge in [-0.1, -0.05) is 33.0 Å². The summed E-state index contributed by atoms with van der Waals surface area (Å²) in [7, 11) is -6.87. The van der Waals surface area contributed by atoms with Crippen LogP contribution in [0.5, 0.6) is 0 Å². The topological polar surface area (TPSA) is 35.5 Å². The average molecular weight is 421 g/mol. The highest BCUT2D eigenvalue weighted by Gasteiger charge is 2.53. The second kappa shape index (κ2) is 8.73. The Morgan fingerprint density at radius 1 is 0.840 bits per heavy atom. The van der Waals surface area contributed by atoms with Gasteiger partial charge in [0.05, 0.1) is 13.3 Å². The van der Waals surface area contributed by atoms with Gasteiger partial charge >= 0.3 is 0 Å². The molecule has 0 aliphatic rings. The molecule has 0 radical (unpaired) electrons. The molecule has 0 N–H and O–H groups in total. The van der Waals surface area contributed by atoms with Gasteiger partial charge < -0.3 is 13.3 Å². The van der Waals surface area contributed by atoms with Crippen molar-refractivity contribution in [1.82, 2.24) is 0 Å². The molecule has 2 atom stereocenters. The first kappa shape index (κ1) is 25.6. The lowest BCUT2D eigenvalue weighted by atomic mass is 10.3. The average Bonchev–Trinajstić information content (AvgIpc) is 2.42. The van der Waals surface area contributed by atoms with E-state index in [0.29, 0.717) is 0 Å². The van der Waals surface area contributed by atoms with Crippen molar-refractivity contribution < 1.29 is 13.3 Å². The Morgan fingerprint density at radius 3 is 1.60 bits per heavy atom. The van der Waals surface area contributed by atoms with Crippen LogP contribution in [0.3, 0.4) is 0 Å². The van der Waals surface area contributed by atoms with Crippen molar-refractivity contribution in [2.24, 2.45) is 0 Å². The summed E-state index contributed by atoms with van der Waals surface area (Å²) in [6.07, 6.45) is 2.00. The van der Waals surface area contributed by atoms with E-state index in [-0.39, 0.29) is 10.4 Å². The Bertz CT molecular complexity index is 460. The van der Waals surface area contributed by atoms with Crippen LogP contribution in [0.4, 0.5) is 0 Å². The fraction of sp³-hybridized carbons (Fsp3) is 1.00. The normalized spacial score (nSPS) is 18.6. The highest BCUT2D eigenvalue weighted by atomic mass is 28.4. The fourth-order valence-corrected chi connectivity index (χ4v) is 16.4. The fourth-order valence-electron chi connectivity index (χ4n) is 3.41. The van der Waals surface area contributed by atoms with Crippen LogP contribution in [-0.2, 0) is 13.3 Å². The lowest BCUT2D eigenvalue weighted by Gasteiger charge is -2.53. The molecule has 0 rings (SSSR count). The van der Waals surface area contributed by atoms with Crippen LogP contribution in [0.15, 0.2) is 0 Å². The van der Waals surface area contributed by atoms with Crippen LogP contribution < -0.4 is 0 Å². The summed E-state index contributed by atoms with van der Waals surface area (Å²) in [6.45, 7) is 27.2. The molecule has 25 heavy (non-hydrogen) atoms. The van der Waals surface area contributed by atoms with Gasteiger partial charge in [-0.3, -0.25) is 0 Å². The molecule has 7 heteroatoms. The predicted molar refractivity (Wildman–Crippen MR) is 120 cm³/mol. The lowest BCUT2D eigenvalue weighted by molar-refractivity contribution is 0.0763. The third kappa shape index (κ3) is 6.92. The molecular weight excluding hydrogens is 377 g/mol. The van der Waals surface area contributed by atoms with E-state index >= 15 is 0 Å². The van der Waals surface area contributed by atoms with Gasteiger partial charge in [-0.15, -0.1) is 0 Å². The van der Waals surface area contributed by atoms with Crippen molar-refractivity contribution in [2.45, 2.75) is 115 Å². The molecular formula is C18H44O3Si4. The zero-order valence-corrected chi connectivity index (χ0v) is 23.1. The zero-order valence-electron chi connectivity index (χ0n) is 19.1. The van der Waals surface area contributed by atoms with E-state index in [1.165, 1.54) is 0 Å². The molecule has 3 nitrogen and oxygen atoms in total. The van der Waals surface area contributed by atoms with Crippen molar-refractivity contribution in [3.63, 3.8) is 0 Å². The van der Waals surface area contributed by atoms with E-state index in [2.05, 4.69) is 73.5 Å². The van der Waals surface area contributed by atoms with Gasteiger partial charge in [0.1, 0.15) is 0 Å². The summed E-state index contributed by atoms with van der Waals surface area (Å²) in [5.41, 5.74) is 0. The van der Waals surface area contributed by atoms with E-state index in [1.807, 2.05) is 6.55 Å². The van der Waals surface area contributed by atoms with Gasteiger partial charge in [-0.2, -0.15) is 0 Å². The quantitative estimate of drug-likeness (QED) is 0.371. The van der Waals surface area contributed by atoms with Crippen molar-refractivity contribution in [3.8, 4) is 0 Å². The standard InChI is InChI=1S/C18H44O3Si4/c1-13-17(3,24(9,10)16-15-22(5)19)21-25(11,12)18(4,14-2)20-23(6,7)8/h13-16H2,1-12H3/t17-,18?/m0/s1. The molecule has 0 heterocycles. The third-order valence-corrected chi connectivity index (χ3v) is 17.9. The first-order valence-electron chi connectivity index (χ1n) is 9.85. The molecule has 0 amide bonds. The Labute approximate surface area is 162 Å². The minimum Gasteiger partial charge on any atom is -0.412 e. The Morgan fingerprint density at radius 2 is 1.28 bits per heavy atom. The summed E-state index contributed by atoms with van der Waals surface area (Å²) < 4.78 is 25.5. The van der Waals surface area contributed by atoms with Crippen molar-refractivity contribution in [1.29, 1.82) is 0 Å². The van der Waals surface area contributed by atoms with Gasteiger partial charge in [0, 0.05) is 5.22 Å². The molecule has 0 bridgehead atoms. The van der Waals surface area contributed by atoms with Gasteiger partial charge in [0.2, 0.25) is 8.32 Å². The van der Waals surface area contributed by atoms with Crippen LogP contribution in [0.1, 0.15) is 40.5 Å². The Balaban J connectivity index is 5.65. The zero-order chi connectivity index (χ0) is 20.3. The molecule has 1 unspecified atom stereocenters. The molecule has 0 aromatic rings. The van der Waals surface area contributed by atoms with Crippen LogP contribution >= 0.6 is 0 Å². The summed E-state index contributed by atoms with van der Waals surface area (Å²) in [6, 6.07) is 1.94. The molecule has 0 aliphatic carbocycles. The van der Waals surface area contributed by atoms with Crippen molar-refractivity contribution >= 4 is 33.4 Å². The molecule has 0 aromatic heterocycles. The molecule has 0 saturated heterocycles. The van der Waals surface area contributed by atoms with Crippen LogP contribution in [0, 0.1) is 0 Å². The highest BCUT2D eigenvalue weighted by Crippen LogP contribution is 2.40. The summed E-state index contributed by atoms with van der Waals surface area (Å²) >= 11 is 0. The van der Waals surface area contributed by atoms with Gasteiger partial charge in [-0.25, -0.2) is 0 Å². The summed E-state index contributed by atoms with van der Waals surface area (Å²) in [5.74, 6) is 0. The number of rotatable bonds is 11. The van der Waals surface area contributed by atoms with Crippen molar-refractivity contribution in [3.05, 3.63) is 0 Å². The largest absolute Gasteiger partial charge is 0.412 e.